The molecular formula is C11H26N4O4. The van der Waals surface area contributed by atoms with Gasteiger partial charge in [-0.3, -0.25) is 4.79 Å². The fourth-order valence-corrected chi connectivity index (χ4v) is 1.12. The number of hydrogen-bond donors (Lipinski definition) is 5. The average molecular weight is 278 g/mol. The van der Waals surface area contributed by atoms with E-state index in [4.69, 9.17) is 20.4 Å². The summed E-state index contributed by atoms with van der Waals surface area (Å²) in [6, 6.07) is -1.52. The molecule has 0 aromatic heterocycles. The predicted octanol–water partition coefficient (Wildman–Crippen LogP) is -0.926. The fourth-order valence-electron chi connectivity index (χ4n) is 1.12. The van der Waals surface area contributed by atoms with Crippen molar-refractivity contribution in [1.29, 1.82) is 0 Å². The Kier molecular flexibility index (Phi) is 13.7. The first-order valence-corrected chi connectivity index (χ1v) is 6.09. The number of carboxylic acid groups (broad SMARTS) is 1. The van der Waals surface area contributed by atoms with Gasteiger partial charge in [0, 0.05) is 13.1 Å². The molecule has 19 heavy (non-hydrogen) atoms. The maximum atomic E-state index is 10.1. The molecule has 8 N–H and O–H groups in total. The maximum Gasteiger partial charge on any atom is 0.320 e. The minimum Gasteiger partial charge on any atom is -0.480 e. The Hall–Kier alpha value is -1.38. The van der Waals surface area contributed by atoms with Crippen molar-refractivity contribution in [2.45, 2.75) is 26.3 Å². The second-order valence-electron chi connectivity index (χ2n) is 4.34. The maximum absolute atomic E-state index is 10.1. The quantitative estimate of drug-likeness (QED) is 0.449. The van der Waals surface area contributed by atoms with Gasteiger partial charge in [-0.25, -0.2) is 4.79 Å². The Bertz CT molecular complexity index is 229. The van der Waals surface area contributed by atoms with E-state index in [9.17, 15) is 4.79 Å². The van der Waals surface area contributed by atoms with Gasteiger partial charge in [0.05, 0.1) is 13.2 Å². The number of urea groups is 1. The number of carbonyl (C=O) groups is 2. The molecule has 1 aliphatic rings. The molecule has 0 aromatic rings. The molecule has 0 saturated carbocycles. The zero-order chi connectivity index (χ0) is 15.3. The number of morpholine rings is 1. The third-order valence-electron chi connectivity index (χ3n) is 1.89. The number of primary amides is 2. The molecule has 0 radical (unpaired) electrons. The van der Waals surface area contributed by atoms with Crippen LogP contribution >= 0.6 is 0 Å². The largest absolute Gasteiger partial charge is 0.480 e. The zero-order valence-electron chi connectivity index (χ0n) is 11.6. The van der Waals surface area contributed by atoms with Gasteiger partial charge in [-0.1, -0.05) is 13.8 Å². The van der Waals surface area contributed by atoms with Crippen LogP contribution in [0.4, 0.5) is 4.79 Å². The van der Waals surface area contributed by atoms with Crippen LogP contribution in [0, 0.1) is 5.92 Å². The summed E-state index contributed by atoms with van der Waals surface area (Å²) in [4.78, 5) is 19.1. The molecule has 0 spiro atoms. The third-order valence-corrected chi connectivity index (χ3v) is 1.89. The van der Waals surface area contributed by atoms with Gasteiger partial charge < -0.3 is 32.4 Å². The second-order valence-corrected chi connectivity index (χ2v) is 4.34. The lowest BCUT2D eigenvalue weighted by atomic mass is 10.1. The number of nitrogens with two attached hydrogens (primary N) is 3. The molecule has 0 unspecified atom stereocenters. The Labute approximate surface area is 113 Å². The van der Waals surface area contributed by atoms with Crippen molar-refractivity contribution in [3.63, 3.8) is 0 Å². The summed E-state index contributed by atoms with van der Waals surface area (Å²) < 4.78 is 5.01. The summed E-state index contributed by atoms with van der Waals surface area (Å²) in [6.45, 7) is 7.73. The number of aliphatic carboxylic acids is 1. The lowest BCUT2D eigenvalue weighted by Gasteiger charge is -2.10. The number of nitrogens with one attached hydrogen (secondary N) is 1. The highest BCUT2D eigenvalue weighted by Gasteiger charge is 2.11. The van der Waals surface area contributed by atoms with E-state index < -0.39 is 18.0 Å². The Morgan fingerprint density at radius 3 is 1.79 bits per heavy atom. The van der Waals surface area contributed by atoms with Gasteiger partial charge in [0.2, 0.25) is 0 Å². The lowest BCUT2D eigenvalue weighted by Crippen LogP contribution is -2.31. The molecule has 8 heteroatoms. The first-order valence-electron chi connectivity index (χ1n) is 6.09. The monoisotopic (exact) mass is 278 g/mol. The van der Waals surface area contributed by atoms with Crippen LogP contribution in [0.1, 0.15) is 20.3 Å². The van der Waals surface area contributed by atoms with Gasteiger partial charge in [-0.05, 0) is 12.3 Å². The Morgan fingerprint density at radius 2 is 1.68 bits per heavy atom. The smallest absolute Gasteiger partial charge is 0.320 e. The molecule has 1 rings (SSSR count). The molecule has 0 aromatic carbocycles. The molecule has 1 saturated heterocycles. The normalized spacial score (nSPS) is 15.4. The van der Waals surface area contributed by atoms with Gasteiger partial charge in [0.1, 0.15) is 6.04 Å². The van der Waals surface area contributed by atoms with Crippen molar-refractivity contribution in [3.05, 3.63) is 0 Å². The van der Waals surface area contributed by atoms with E-state index in [1.165, 1.54) is 0 Å². The fraction of sp³-hybridized carbons (Fsp3) is 0.818. The van der Waals surface area contributed by atoms with Crippen molar-refractivity contribution in [2.24, 2.45) is 23.1 Å². The van der Waals surface area contributed by atoms with E-state index in [-0.39, 0.29) is 0 Å². The van der Waals surface area contributed by atoms with Crippen molar-refractivity contribution < 1.29 is 19.4 Å². The number of carboxylic acids is 1. The first-order chi connectivity index (χ1) is 8.77. The Morgan fingerprint density at radius 1 is 1.26 bits per heavy atom. The number of ether oxygens (including phenoxy) is 1. The Balaban J connectivity index is 0. The minimum absolute atomic E-state index is 0.357. The predicted molar refractivity (Wildman–Crippen MR) is 72.5 cm³/mol. The topological polar surface area (TPSA) is 154 Å². The van der Waals surface area contributed by atoms with Crippen molar-refractivity contribution in [2.75, 3.05) is 26.3 Å². The SMILES string of the molecule is C1COCCN1.CC(C)C[C@H](N)C(=O)O.NC(N)=O. The number of rotatable bonds is 3. The van der Waals surface area contributed by atoms with Crippen LogP contribution < -0.4 is 22.5 Å². The number of carbonyl (C=O) groups excluding carboxylic acids is 1. The van der Waals surface area contributed by atoms with E-state index in [1.807, 2.05) is 13.8 Å². The zero-order valence-corrected chi connectivity index (χ0v) is 11.6. The summed E-state index contributed by atoms with van der Waals surface area (Å²) in [6.07, 6.45) is 0.551. The molecule has 0 aliphatic carbocycles. The highest BCUT2D eigenvalue weighted by molar-refractivity contribution is 5.72. The van der Waals surface area contributed by atoms with Crippen LogP contribution in [0.15, 0.2) is 0 Å². The first kappa shape index (κ1) is 19.9. The molecule has 0 bridgehead atoms. The minimum atomic E-state index is -0.913. The van der Waals surface area contributed by atoms with Gasteiger partial charge >= 0.3 is 12.0 Å². The average Bonchev–Trinajstić information content (AvgIpc) is 2.30. The van der Waals surface area contributed by atoms with Gasteiger partial charge in [-0.2, -0.15) is 0 Å². The molecule has 1 atom stereocenters. The lowest BCUT2D eigenvalue weighted by molar-refractivity contribution is -0.138. The van der Waals surface area contributed by atoms with Crippen LogP contribution in [0.2, 0.25) is 0 Å². The summed E-state index contributed by atoms with van der Waals surface area (Å²) in [7, 11) is 0. The summed E-state index contributed by atoms with van der Waals surface area (Å²) in [5.41, 5.74) is 13.7. The van der Waals surface area contributed by atoms with Crippen LogP contribution in [0.5, 0.6) is 0 Å². The van der Waals surface area contributed by atoms with E-state index in [1.54, 1.807) is 0 Å². The second kappa shape index (κ2) is 13.1. The highest BCUT2D eigenvalue weighted by Crippen LogP contribution is 2.01. The van der Waals surface area contributed by atoms with Crippen molar-refractivity contribution in [1.82, 2.24) is 5.32 Å². The van der Waals surface area contributed by atoms with E-state index in [0.717, 1.165) is 26.3 Å². The van der Waals surface area contributed by atoms with Gasteiger partial charge in [-0.15, -0.1) is 0 Å². The van der Waals surface area contributed by atoms with Crippen LogP contribution in [-0.2, 0) is 9.53 Å². The molecule has 1 heterocycles. The number of hydrogen-bond acceptors (Lipinski definition) is 5. The van der Waals surface area contributed by atoms with Crippen LogP contribution in [0.3, 0.4) is 0 Å². The molecule has 2 amide bonds. The summed E-state index contributed by atoms with van der Waals surface area (Å²) >= 11 is 0. The van der Waals surface area contributed by atoms with Gasteiger partial charge in [0.15, 0.2) is 0 Å². The number of amides is 2. The van der Waals surface area contributed by atoms with Crippen LogP contribution in [0.25, 0.3) is 0 Å². The summed E-state index contributed by atoms with van der Waals surface area (Å²) in [5, 5.41) is 11.5. The van der Waals surface area contributed by atoms with E-state index >= 15 is 0 Å². The molecule has 8 nitrogen and oxygen atoms in total. The standard InChI is InChI=1S/C6H13NO2.C4H9NO.CH4N2O/c1-4(2)3-5(7)6(8)9;1-3-6-4-2-5-1;2-1(3)4/h4-5H,3,7H2,1-2H3,(H,8,9);5H,1-4H2;(H4,2,3,4)/t5-;;/m0../s1. The molecule has 1 aliphatic heterocycles. The van der Waals surface area contributed by atoms with E-state index in [0.29, 0.717) is 12.3 Å². The highest BCUT2D eigenvalue weighted by atomic mass is 16.5. The van der Waals surface area contributed by atoms with E-state index in [2.05, 4.69) is 16.8 Å². The molecule has 1 fully saturated rings. The third kappa shape index (κ3) is 22.3. The van der Waals surface area contributed by atoms with Crippen LogP contribution in [-0.4, -0.2) is 49.5 Å². The van der Waals surface area contributed by atoms with Gasteiger partial charge in [0.25, 0.3) is 0 Å². The molecule has 114 valence electrons. The summed E-state index contributed by atoms with van der Waals surface area (Å²) in [5.74, 6) is -0.556. The van der Waals surface area contributed by atoms with Crippen molar-refractivity contribution in [3.8, 4) is 0 Å². The van der Waals surface area contributed by atoms with Crippen molar-refractivity contribution >= 4 is 12.0 Å². The molecular weight excluding hydrogens is 252 g/mol.